The van der Waals surface area contributed by atoms with Crippen molar-refractivity contribution in [3.05, 3.63) is 99.8 Å². The van der Waals surface area contributed by atoms with Gasteiger partial charge in [0.25, 0.3) is 5.91 Å². The Hall–Kier alpha value is -2.92. The van der Waals surface area contributed by atoms with Crippen molar-refractivity contribution >= 4 is 32.9 Å². The summed E-state index contributed by atoms with van der Waals surface area (Å²) in [5.74, 6) is 1.01. The average Bonchev–Trinajstić information content (AvgIpc) is 3.09. The van der Waals surface area contributed by atoms with Crippen molar-refractivity contribution in [2.24, 2.45) is 0 Å². The first kappa shape index (κ1) is 20.4. The molecule has 30 heavy (non-hydrogen) atoms. The molecular formula is C25H24BrN3O. The molecule has 0 aliphatic heterocycles. The molecule has 0 aliphatic rings. The normalized spacial score (nSPS) is 11.0. The van der Waals surface area contributed by atoms with Gasteiger partial charge in [0.2, 0.25) is 0 Å². The maximum absolute atomic E-state index is 12.3. The summed E-state index contributed by atoms with van der Waals surface area (Å²) in [6, 6.07) is 24.2. The lowest BCUT2D eigenvalue weighted by molar-refractivity contribution is 0.0953. The number of hydrogen-bond donors (Lipinski definition) is 1. The van der Waals surface area contributed by atoms with Gasteiger partial charge in [-0.1, -0.05) is 57.9 Å². The summed E-state index contributed by atoms with van der Waals surface area (Å²) >= 11 is 3.39. The van der Waals surface area contributed by atoms with E-state index >= 15 is 0 Å². The fourth-order valence-electron chi connectivity index (χ4n) is 3.64. The van der Waals surface area contributed by atoms with Crippen LogP contribution in [0, 0.1) is 6.92 Å². The summed E-state index contributed by atoms with van der Waals surface area (Å²) in [5.41, 5.74) is 5.36. The van der Waals surface area contributed by atoms with Crippen molar-refractivity contribution in [3.8, 4) is 0 Å². The highest BCUT2D eigenvalue weighted by Gasteiger charge is 2.11. The molecule has 4 aromatic rings. The molecule has 0 saturated carbocycles. The van der Waals surface area contributed by atoms with E-state index in [4.69, 9.17) is 4.98 Å². The molecule has 152 valence electrons. The minimum absolute atomic E-state index is 0.0456. The van der Waals surface area contributed by atoms with Gasteiger partial charge in [0.1, 0.15) is 5.82 Å². The van der Waals surface area contributed by atoms with Crippen molar-refractivity contribution in [3.63, 3.8) is 0 Å². The number of nitrogens with one attached hydrogen (secondary N) is 1. The number of fused-ring (bicyclic) bond motifs is 1. The van der Waals surface area contributed by atoms with E-state index < -0.39 is 0 Å². The van der Waals surface area contributed by atoms with Crippen LogP contribution in [0.3, 0.4) is 0 Å². The lowest BCUT2D eigenvalue weighted by Crippen LogP contribution is -2.25. The van der Waals surface area contributed by atoms with E-state index in [1.807, 2.05) is 30.3 Å². The van der Waals surface area contributed by atoms with E-state index in [-0.39, 0.29) is 5.91 Å². The number of halogens is 1. The Labute approximate surface area is 185 Å². The van der Waals surface area contributed by atoms with Crippen LogP contribution in [0.1, 0.15) is 33.7 Å². The molecule has 0 radical (unpaired) electrons. The van der Waals surface area contributed by atoms with E-state index in [1.165, 1.54) is 11.1 Å². The fraction of sp³-hybridized carbons (Fsp3) is 0.200. The van der Waals surface area contributed by atoms with Crippen LogP contribution >= 0.6 is 15.9 Å². The zero-order chi connectivity index (χ0) is 20.9. The molecule has 0 unspecified atom stereocenters. The van der Waals surface area contributed by atoms with Crippen LogP contribution in [-0.4, -0.2) is 22.0 Å². The van der Waals surface area contributed by atoms with E-state index in [1.54, 1.807) is 0 Å². The van der Waals surface area contributed by atoms with Crippen LogP contribution in [0.5, 0.6) is 0 Å². The topological polar surface area (TPSA) is 46.9 Å². The highest BCUT2D eigenvalue weighted by molar-refractivity contribution is 9.10. The highest BCUT2D eigenvalue weighted by Crippen LogP contribution is 2.19. The van der Waals surface area contributed by atoms with Crippen LogP contribution in [0.25, 0.3) is 11.0 Å². The lowest BCUT2D eigenvalue weighted by Gasteiger charge is -2.11. The highest BCUT2D eigenvalue weighted by atomic mass is 79.9. The number of aromatic nitrogens is 2. The summed E-state index contributed by atoms with van der Waals surface area (Å²) < 4.78 is 3.26. The van der Waals surface area contributed by atoms with Gasteiger partial charge in [0, 0.05) is 29.5 Å². The van der Waals surface area contributed by atoms with Crippen molar-refractivity contribution in [1.82, 2.24) is 14.9 Å². The number of carbonyl (C=O) groups excluding carboxylic acids is 1. The number of para-hydroxylation sites is 2. The molecule has 0 fully saturated rings. The fourth-order valence-corrected chi connectivity index (χ4v) is 3.90. The first-order valence-corrected chi connectivity index (χ1v) is 10.9. The molecule has 4 rings (SSSR count). The van der Waals surface area contributed by atoms with Crippen LogP contribution < -0.4 is 5.32 Å². The monoisotopic (exact) mass is 461 g/mol. The Bertz CT molecular complexity index is 1160. The number of aryl methyl sites for hydroxylation is 2. The number of benzene rings is 3. The predicted molar refractivity (Wildman–Crippen MR) is 125 cm³/mol. The number of nitrogens with zero attached hydrogens (tertiary/aromatic N) is 2. The number of amides is 1. The van der Waals surface area contributed by atoms with Gasteiger partial charge >= 0.3 is 0 Å². The third-order valence-corrected chi connectivity index (χ3v) is 5.65. The van der Waals surface area contributed by atoms with Crippen molar-refractivity contribution < 1.29 is 4.79 Å². The summed E-state index contributed by atoms with van der Waals surface area (Å²) in [7, 11) is 0. The predicted octanol–water partition coefficient (Wildman–Crippen LogP) is 5.52. The van der Waals surface area contributed by atoms with Gasteiger partial charge in [0.15, 0.2) is 0 Å². The van der Waals surface area contributed by atoms with Gasteiger partial charge in [0.05, 0.1) is 11.0 Å². The maximum atomic E-state index is 12.3. The molecule has 0 saturated heterocycles. The quantitative estimate of drug-likeness (QED) is 0.368. The Kier molecular flexibility index (Phi) is 6.29. The second kappa shape index (κ2) is 9.26. The van der Waals surface area contributed by atoms with E-state index in [9.17, 15) is 4.79 Å². The standard InChI is InChI=1S/C25H24BrN3O/c1-18-6-4-7-19(16-18)17-29-23-9-3-2-8-22(23)28-24(29)10-5-15-27-25(30)20-11-13-21(26)14-12-20/h2-4,6-9,11-14,16H,5,10,15,17H2,1H3,(H,27,30). The molecule has 0 atom stereocenters. The first-order valence-electron chi connectivity index (χ1n) is 10.1. The SMILES string of the molecule is Cc1cccc(Cn2c(CCCNC(=O)c3ccc(Br)cc3)nc3ccccc32)c1. The van der Waals surface area contributed by atoms with Crippen LogP contribution in [0.4, 0.5) is 0 Å². The molecule has 5 heteroatoms. The van der Waals surface area contributed by atoms with Crippen LogP contribution in [0.2, 0.25) is 0 Å². The number of imidazole rings is 1. The maximum Gasteiger partial charge on any atom is 0.251 e. The summed E-state index contributed by atoms with van der Waals surface area (Å²) in [6.45, 7) is 3.52. The van der Waals surface area contributed by atoms with Gasteiger partial charge in [-0.15, -0.1) is 0 Å². The van der Waals surface area contributed by atoms with Crippen LogP contribution in [0.15, 0.2) is 77.3 Å². The third-order valence-electron chi connectivity index (χ3n) is 5.13. The second-order valence-corrected chi connectivity index (χ2v) is 8.37. The molecule has 1 amide bonds. The summed E-state index contributed by atoms with van der Waals surface area (Å²) in [5, 5.41) is 3.01. The minimum Gasteiger partial charge on any atom is -0.352 e. The largest absolute Gasteiger partial charge is 0.352 e. The number of carbonyl (C=O) groups is 1. The van der Waals surface area contributed by atoms with Crippen LogP contribution in [-0.2, 0) is 13.0 Å². The van der Waals surface area contributed by atoms with E-state index in [0.717, 1.165) is 40.7 Å². The van der Waals surface area contributed by atoms with Gasteiger partial charge in [-0.2, -0.15) is 0 Å². The molecule has 4 nitrogen and oxygen atoms in total. The average molecular weight is 462 g/mol. The Morgan fingerprint density at radius 1 is 1.03 bits per heavy atom. The third kappa shape index (κ3) is 4.79. The van der Waals surface area contributed by atoms with Crippen molar-refractivity contribution in [2.45, 2.75) is 26.3 Å². The Morgan fingerprint density at radius 2 is 1.83 bits per heavy atom. The molecule has 1 heterocycles. The Balaban J connectivity index is 1.44. The van der Waals surface area contributed by atoms with Crippen molar-refractivity contribution in [2.75, 3.05) is 6.54 Å². The molecule has 1 aromatic heterocycles. The molecule has 1 N–H and O–H groups in total. The smallest absolute Gasteiger partial charge is 0.251 e. The molecule has 3 aromatic carbocycles. The zero-order valence-corrected chi connectivity index (χ0v) is 18.5. The molecule has 0 bridgehead atoms. The van der Waals surface area contributed by atoms with Gasteiger partial charge in [-0.05, 0) is 55.3 Å². The molecular weight excluding hydrogens is 438 g/mol. The van der Waals surface area contributed by atoms with Gasteiger partial charge in [-0.25, -0.2) is 4.98 Å². The first-order chi connectivity index (χ1) is 14.6. The second-order valence-electron chi connectivity index (χ2n) is 7.46. The van der Waals surface area contributed by atoms with Gasteiger partial charge in [-0.3, -0.25) is 4.79 Å². The van der Waals surface area contributed by atoms with E-state index in [0.29, 0.717) is 12.1 Å². The molecule has 0 aliphatic carbocycles. The van der Waals surface area contributed by atoms with Gasteiger partial charge < -0.3 is 9.88 Å². The van der Waals surface area contributed by atoms with E-state index in [2.05, 4.69) is 75.2 Å². The zero-order valence-electron chi connectivity index (χ0n) is 16.9. The minimum atomic E-state index is -0.0456. The summed E-state index contributed by atoms with van der Waals surface area (Å²) in [6.07, 6.45) is 1.64. The Morgan fingerprint density at radius 3 is 2.63 bits per heavy atom. The lowest BCUT2D eigenvalue weighted by atomic mass is 10.1. The number of hydrogen-bond acceptors (Lipinski definition) is 2. The summed E-state index contributed by atoms with van der Waals surface area (Å²) in [4.78, 5) is 17.2. The molecule has 0 spiro atoms. The number of rotatable bonds is 7. The van der Waals surface area contributed by atoms with Crippen molar-refractivity contribution in [1.29, 1.82) is 0 Å².